The maximum Gasteiger partial charge on any atom is 0.305 e. The van der Waals surface area contributed by atoms with Gasteiger partial charge in [-0.3, -0.25) is 9.59 Å². The van der Waals surface area contributed by atoms with Crippen LogP contribution in [0.15, 0.2) is 0 Å². The standard InChI is InChI=1S/C30H61N3O15/c31-27-28(32)30(36)33-2-4-38-6-8-40-10-12-42-14-16-44-18-20-46-22-24-48-26-25-47-23-21-45-19-17-43-15-13-41-11-9-39-7-5-37-3-1-29(34)35/h28H,1-27,31-32H2,(H,33,36)(H,34,35). The van der Waals surface area contributed by atoms with Crippen LogP contribution in [0.25, 0.3) is 0 Å². The lowest BCUT2D eigenvalue weighted by molar-refractivity contribution is -0.138. The van der Waals surface area contributed by atoms with Crippen LogP contribution in [-0.4, -0.2) is 195 Å². The number of amides is 1. The summed E-state index contributed by atoms with van der Waals surface area (Å²) in [5.41, 5.74) is 10.8. The highest BCUT2D eigenvalue weighted by molar-refractivity contribution is 5.81. The molecule has 0 aromatic carbocycles. The topological polar surface area (TPSA) is 229 Å². The molecule has 0 fully saturated rings. The van der Waals surface area contributed by atoms with E-state index in [2.05, 4.69) is 5.32 Å². The Morgan fingerprint density at radius 1 is 0.438 bits per heavy atom. The Balaban J connectivity index is 3.08. The van der Waals surface area contributed by atoms with Gasteiger partial charge in [-0.05, 0) is 0 Å². The first-order chi connectivity index (χ1) is 23.6. The minimum absolute atomic E-state index is 0.00725. The van der Waals surface area contributed by atoms with Crippen molar-refractivity contribution >= 4 is 11.9 Å². The molecule has 0 aromatic rings. The van der Waals surface area contributed by atoms with Crippen molar-refractivity contribution in [3.05, 3.63) is 0 Å². The van der Waals surface area contributed by atoms with Crippen molar-refractivity contribution < 1.29 is 71.5 Å². The molecule has 0 rings (SSSR count). The molecule has 1 amide bonds. The van der Waals surface area contributed by atoms with Gasteiger partial charge in [0.15, 0.2) is 0 Å². The van der Waals surface area contributed by atoms with Gasteiger partial charge in [0.2, 0.25) is 5.91 Å². The van der Waals surface area contributed by atoms with Gasteiger partial charge in [-0.1, -0.05) is 0 Å². The Kier molecular flexibility index (Phi) is 38.5. The molecule has 286 valence electrons. The highest BCUT2D eigenvalue weighted by atomic mass is 16.6. The second kappa shape index (κ2) is 39.8. The third kappa shape index (κ3) is 38.8. The van der Waals surface area contributed by atoms with Crippen LogP contribution in [0.1, 0.15) is 6.42 Å². The van der Waals surface area contributed by atoms with E-state index in [1.54, 1.807) is 0 Å². The number of ether oxygens (including phenoxy) is 12. The molecule has 0 spiro atoms. The van der Waals surface area contributed by atoms with Crippen LogP contribution in [0.3, 0.4) is 0 Å². The average molecular weight is 704 g/mol. The van der Waals surface area contributed by atoms with Crippen LogP contribution >= 0.6 is 0 Å². The van der Waals surface area contributed by atoms with E-state index >= 15 is 0 Å². The van der Waals surface area contributed by atoms with Crippen molar-refractivity contribution in [1.29, 1.82) is 0 Å². The number of hydrogen-bond donors (Lipinski definition) is 4. The summed E-state index contributed by atoms with van der Waals surface area (Å²) >= 11 is 0. The second-order valence-corrected chi connectivity index (χ2v) is 9.63. The Morgan fingerprint density at radius 3 is 0.896 bits per heavy atom. The average Bonchev–Trinajstić information content (AvgIpc) is 3.08. The van der Waals surface area contributed by atoms with E-state index in [9.17, 15) is 9.59 Å². The fourth-order valence-corrected chi connectivity index (χ4v) is 3.17. The van der Waals surface area contributed by atoms with Crippen LogP contribution in [0.5, 0.6) is 0 Å². The molecule has 1 unspecified atom stereocenters. The maximum absolute atomic E-state index is 11.4. The zero-order valence-corrected chi connectivity index (χ0v) is 28.5. The SMILES string of the molecule is NCC(N)C(=O)NCCOCCOCCOCCOCCOCCOCCOCCOCCOCCOCCOCCOCCC(=O)O. The summed E-state index contributed by atoms with van der Waals surface area (Å²) < 4.78 is 64.7. The minimum atomic E-state index is -0.879. The molecule has 0 saturated heterocycles. The summed E-state index contributed by atoms with van der Waals surface area (Å²) in [6.45, 7) is 11.1. The quantitative estimate of drug-likeness (QED) is 0.0508. The molecule has 18 nitrogen and oxygen atoms in total. The van der Waals surface area contributed by atoms with Crippen molar-refractivity contribution in [1.82, 2.24) is 5.32 Å². The first-order valence-corrected chi connectivity index (χ1v) is 16.5. The van der Waals surface area contributed by atoms with Crippen molar-refractivity contribution in [3.8, 4) is 0 Å². The zero-order valence-electron chi connectivity index (χ0n) is 28.5. The monoisotopic (exact) mass is 703 g/mol. The first-order valence-electron chi connectivity index (χ1n) is 16.5. The molecule has 18 heteroatoms. The number of carboxylic acids is 1. The third-order valence-corrected chi connectivity index (χ3v) is 5.69. The molecule has 1 atom stereocenters. The Labute approximate surface area is 284 Å². The Morgan fingerprint density at radius 2 is 0.667 bits per heavy atom. The zero-order chi connectivity index (χ0) is 35.0. The smallest absolute Gasteiger partial charge is 0.305 e. The van der Waals surface area contributed by atoms with E-state index in [-0.39, 0.29) is 25.5 Å². The van der Waals surface area contributed by atoms with Crippen LogP contribution < -0.4 is 16.8 Å². The molecule has 0 heterocycles. The highest BCUT2D eigenvalue weighted by Gasteiger charge is 2.09. The summed E-state index contributed by atoms with van der Waals surface area (Å²) in [6.07, 6.45) is -0.00725. The lowest BCUT2D eigenvalue weighted by Crippen LogP contribution is -2.46. The summed E-state index contributed by atoms with van der Waals surface area (Å²) in [4.78, 5) is 21.8. The number of rotatable bonds is 41. The van der Waals surface area contributed by atoms with Gasteiger partial charge in [0.1, 0.15) is 0 Å². The van der Waals surface area contributed by atoms with Gasteiger partial charge in [0.25, 0.3) is 0 Å². The normalized spacial score (nSPS) is 12.0. The van der Waals surface area contributed by atoms with E-state index in [0.717, 1.165) is 0 Å². The minimum Gasteiger partial charge on any atom is -0.481 e. The molecular weight excluding hydrogens is 642 g/mol. The van der Waals surface area contributed by atoms with E-state index in [1.807, 2.05) is 0 Å². The summed E-state index contributed by atoms with van der Waals surface area (Å²) in [5, 5.41) is 11.1. The Bertz CT molecular complexity index is 685. The second-order valence-electron chi connectivity index (χ2n) is 9.63. The number of aliphatic carboxylic acids is 1. The fourth-order valence-electron chi connectivity index (χ4n) is 3.17. The first kappa shape index (κ1) is 46.4. The van der Waals surface area contributed by atoms with Crippen LogP contribution in [0.2, 0.25) is 0 Å². The van der Waals surface area contributed by atoms with Crippen molar-refractivity contribution in [2.24, 2.45) is 11.5 Å². The molecule has 0 aromatic heterocycles. The predicted molar refractivity (Wildman–Crippen MR) is 172 cm³/mol. The van der Waals surface area contributed by atoms with E-state index in [1.165, 1.54) is 0 Å². The van der Waals surface area contributed by atoms with Crippen molar-refractivity contribution in [3.63, 3.8) is 0 Å². The summed E-state index contributed by atoms with van der Waals surface area (Å²) in [7, 11) is 0. The summed E-state index contributed by atoms with van der Waals surface area (Å²) in [6, 6.07) is -0.690. The maximum atomic E-state index is 11.4. The predicted octanol–water partition coefficient (Wildman–Crippen LogP) is -1.94. The molecule has 0 bridgehead atoms. The molecule has 0 saturated carbocycles. The number of nitrogens with one attached hydrogen (secondary N) is 1. The van der Waals surface area contributed by atoms with Crippen LogP contribution in [0.4, 0.5) is 0 Å². The van der Waals surface area contributed by atoms with Gasteiger partial charge < -0.3 is 78.7 Å². The molecule has 0 radical (unpaired) electrons. The molecule has 6 N–H and O–H groups in total. The molecular formula is C30H61N3O15. The molecule has 48 heavy (non-hydrogen) atoms. The molecule has 0 aliphatic heterocycles. The third-order valence-electron chi connectivity index (χ3n) is 5.69. The highest BCUT2D eigenvalue weighted by Crippen LogP contribution is 1.88. The van der Waals surface area contributed by atoms with Crippen molar-refractivity contribution in [2.45, 2.75) is 12.5 Å². The molecule has 0 aliphatic rings. The largest absolute Gasteiger partial charge is 0.481 e. The van der Waals surface area contributed by atoms with E-state index < -0.39 is 12.0 Å². The van der Waals surface area contributed by atoms with Gasteiger partial charge in [-0.2, -0.15) is 0 Å². The van der Waals surface area contributed by atoms with Gasteiger partial charge in [0, 0.05) is 13.1 Å². The van der Waals surface area contributed by atoms with Crippen LogP contribution in [0, 0.1) is 0 Å². The number of nitrogens with two attached hydrogens (primary N) is 2. The van der Waals surface area contributed by atoms with E-state index in [0.29, 0.717) is 159 Å². The lowest BCUT2D eigenvalue weighted by Gasteiger charge is -2.10. The van der Waals surface area contributed by atoms with Crippen molar-refractivity contribution in [2.75, 3.05) is 172 Å². The summed E-state index contributed by atoms with van der Waals surface area (Å²) in [5.74, 6) is -1.16. The van der Waals surface area contributed by atoms with Gasteiger partial charge >= 0.3 is 5.97 Å². The van der Waals surface area contributed by atoms with Gasteiger partial charge in [0.05, 0.1) is 171 Å². The lowest BCUT2D eigenvalue weighted by atomic mass is 10.3. The Hall–Kier alpha value is -1.62. The van der Waals surface area contributed by atoms with Crippen LogP contribution in [-0.2, 0) is 66.4 Å². The van der Waals surface area contributed by atoms with Gasteiger partial charge in [-0.25, -0.2) is 0 Å². The fraction of sp³-hybridized carbons (Fsp3) is 0.933. The number of carbonyl (C=O) groups excluding carboxylic acids is 1. The molecule has 0 aliphatic carbocycles. The van der Waals surface area contributed by atoms with Gasteiger partial charge in [-0.15, -0.1) is 0 Å². The number of hydrogen-bond acceptors (Lipinski definition) is 16. The number of carboxylic acid groups (broad SMARTS) is 1. The van der Waals surface area contributed by atoms with E-state index in [4.69, 9.17) is 73.4 Å². The number of carbonyl (C=O) groups is 2.